The second kappa shape index (κ2) is 6.68. The van der Waals surface area contributed by atoms with Gasteiger partial charge < -0.3 is 19.2 Å². The van der Waals surface area contributed by atoms with Gasteiger partial charge in [-0.2, -0.15) is 0 Å². The van der Waals surface area contributed by atoms with Crippen molar-refractivity contribution in [3.63, 3.8) is 0 Å². The number of benzene rings is 1. The molecule has 0 fully saturated rings. The second-order valence-electron chi connectivity index (χ2n) is 5.25. The molecule has 0 saturated carbocycles. The number of hydrogen-bond acceptors (Lipinski definition) is 4. The highest BCUT2D eigenvalue weighted by atomic mass is 16.6. The van der Waals surface area contributed by atoms with E-state index in [1.165, 1.54) is 11.1 Å². The van der Waals surface area contributed by atoms with Crippen molar-refractivity contribution in [3.8, 4) is 11.5 Å². The Labute approximate surface area is 125 Å². The van der Waals surface area contributed by atoms with Gasteiger partial charge in [0.1, 0.15) is 13.2 Å². The molecular formula is C17H21NO3. The lowest BCUT2D eigenvalue weighted by Crippen LogP contribution is -2.24. The predicted octanol–water partition coefficient (Wildman–Crippen LogP) is 3.33. The van der Waals surface area contributed by atoms with E-state index < -0.39 is 0 Å². The van der Waals surface area contributed by atoms with Gasteiger partial charge in [0.25, 0.3) is 0 Å². The lowest BCUT2D eigenvalue weighted by atomic mass is 9.99. The maximum absolute atomic E-state index is 5.68. The summed E-state index contributed by atoms with van der Waals surface area (Å²) >= 11 is 0. The van der Waals surface area contributed by atoms with Crippen LogP contribution in [0.2, 0.25) is 0 Å². The molecule has 1 aromatic carbocycles. The lowest BCUT2D eigenvalue weighted by molar-refractivity contribution is 0.171. The van der Waals surface area contributed by atoms with Crippen molar-refractivity contribution in [2.45, 2.75) is 25.8 Å². The summed E-state index contributed by atoms with van der Waals surface area (Å²) < 4.78 is 16.4. The Balaban J connectivity index is 1.81. The van der Waals surface area contributed by atoms with Crippen LogP contribution in [0, 0.1) is 0 Å². The van der Waals surface area contributed by atoms with Gasteiger partial charge in [0.2, 0.25) is 0 Å². The van der Waals surface area contributed by atoms with Gasteiger partial charge in [0.15, 0.2) is 11.5 Å². The Kier molecular flexibility index (Phi) is 4.46. The summed E-state index contributed by atoms with van der Waals surface area (Å²) in [6.07, 6.45) is 5.53. The fourth-order valence-corrected chi connectivity index (χ4v) is 2.55. The van der Waals surface area contributed by atoms with Crippen LogP contribution in [0.1, 0.15) is 30.5 Å². The average molecular weight is 287 g/mol. The van der Waals surface area contributed by atoms with Gasteiger partial charge in [0, 0.05) is 6.04 Å². The van der Waals surface area contributed by atoms with E-state index in [9.17, 15) is 0 Å². The number of fused-ring (bicyclic) bond motifs is 1. The van der Waals surface area contributed by atoms with E-state index in [0.29, 0.717) is 13.2 Å². The maximum atomic E-state index is 5.68. The zero-order chi connectivity index (χ0) is 14.5. The highest BCUT2D eigenvalue weighted by Crippen LogP contribution is 2.33. The molecule has 21 heavy (non-hydrogen) atoms. The highest BCUT2D eigenvalue weighted by molar-refractivity contribution is 5.45. The predicted molar refractivity (Wildman–Crippen MR) is 80.9 cm³/mol. The van der Waals surface area contributed by atoms with Crippen LogP contribution in [-0.2, 0) is 6.42 Å². The van der Waals surface area contributed by atoms with Crippen molar-refractivity contribution in [1.29, 1.82) is 0 Å². The number of rotatable bonds is 6. The maximum Gasteiger partial charge on any atom is 0.161 e. The van der Waals surface area contributed by atoms with E-state index >= 15 is 0 Å². The summed E-state index contributed by atoms with van der Waals surface area (Å²) in [5.41, 5.74) is 2.41. The van der Waals surface area contributed by atoms with E-state index in [2.05, 4.69) is 24.4 Å². The number of nitrogens with one attached hydrogen (secondary N) is 1. The van der Waals surface area contributed by atoms with E-state index in [-0.39, 0.29) is 6.04 Å². The summed E-state index contributed by atoms with van der Waals surface area (Å²) in [5.74, 6) is 1.68. The Morgan fingerprint density at radius 3 is 2.76 bits per heavy atom. The van der Waals surface area contributed by atoms with Crippen molar-refractivity contribution in [2.75, 3.05) is 19.8 Å². The molecule has 112 valence electrons. The molecule has 0 aliphatic carbocycles. The average Bonchev–Trinajstić information content (AvgIpc) is 3.04. The summed E-state index contributed by atoms with van der Waals surface area (Å²) in [4.78, 5) is 0. The van der Waals surface area contributed by atoms with Crippen LogP contribution in [0.25, 0.3) is 0 Å². The molecule has 1 aliphatic rings. The zero-order valence-corrected chi connectivity index (χ0v) is 12.3. The van der Waals surface area contributed by atoms with Crippen LogP contribution in [0.4, 0.5) is 0 Å². The number of hydrogen-bond donors (Lipinski definition) is 1. The summed E-state index contributed by atoms with van der Waals surface area (Å²) in [5, 5.41) is 3.59. The first-order chi connectivity index (χ1) is 10.4. The van der Waals surface area contributed by atoms with Gasteiger partial charge in [-0.25, -0.2) is 0 Å². The first kappa shape index (κ1) is 14.0. The van der Waals surface area contributed by atoms with Gasteiger partial charge in [-0.15, -0.1) is 0 Å². The molecular weight excluding hydrogens is 266 g/mol. The van der Waals surface area contributed by atoms with Gasteiger partial charge in [-0.05, 0) is 48.7 Å². The normalized spacial score (nSPS) is 14.9. The first-order valence-electron chi connectivity index (χ1n) is 7.51. The SMILES string of the molecule is CCCNC(Cc1ccoc1)c1ccc2c(c1)OCCO2. The molecule has 3 rings (SSSR count). The molecule has 1 aromatic heterocycles. The number of ether oxygens (including phenoxy) is 2. The zero-order valence-electron chi connectivity index (χ0n) is 12.3. The van der Waals surface area contributed by atoms with E-state index in [1.807, 2.05) is 12.1 Å². The number of furan rings is 1. The smallest absolute Gasteiger partial charge is 0.161 e. The lowest BCUT2D eigenvalue weighted by Gasteiger charge is -2.23. The minimum atomic E-state index is 0.248. The fourth-order valence-electron chi connectivity index (χ4n) is 2.55. The third-order valence-corrected chi connectivity index (χ3v) is 3.63. The Morgan fingerprint density at radius 2 is 2.00 bits per heavy atom. The summed E-state index contributed by atoms with van der Waals surface area (Å²) in [6.45, 7) is 4.40. The largest absolute Gasteiger partial charge is 0.486 e. The molecule has 2 heterocycles. The standard InChI is InChI=1S/C17H21NO3/c1-2-6-18-15(10-13-5-7-19-12-13)14-3-4-16-17(11-14)21-9-8-20-16/h3-5,7,11-12,15,18H,2,6,8-10H2,1H3. The Hall–Kier alpha value is -1.94. The van der Waals surface area contributed by atoms with Crippen LogP contribution in [0.3, 0.4) is 0 Å². The van der Waals surface area contributed by atoms with Gasteiger partial charge in [-0.1, -0.05) is 13.0 Å². The van der Waals surface area contributed by atoms with Crippen molar-refractivity contribution in [2.24, 2.45) is 0 Å². The van der Waals surface area contributed by atoms with Gasteiger partial charge in [0.05, 0.1) is 12.5 Å². The van der Waals surface area contributed by atoms with Crippen LogP contribution < -0.4 is 14.8 Å². The molecule has 0 saturated heterocycles. The Bertz CT molecular complexity index is 565. The molecule has 0 bridgehead atoms. The third-order valence-electron chi connectivity index (χ3n) is 3.63. The molecule has 2 aromatic rings. The molecule has 0 amide bonds. The minimum absolute atomic E-state index is 0.248. The monoisotopic (exact) mass is 287 g/mol. The topological polar surface area (TPSA) is 43.6 Å². The van der Waals surface area contributed by atoms with Gasteiger partial charge in [-0.3, -0.25) is 0 Å². The quantitative estimate of drug-likeness (QED) is 0.885. The van der Waals surface area contributed by atoms with Crippen LogP contribution in [-0.4, -0.2) is 19.8 Å². The van der Waals surface area contributed by atoms with E-state index in [0.717, 1.165) is 30.9 Å². The van der Waals surface area contributed by atoms with Crippen LogP contribution in [0.5, 0.6) is 11.5 Å². The third kappa shape index (κ3) is 3.39. The minimum Gasteiger partial charge on any atom is -0.486 e. The second-order valence-corrected chi connectivity index (χ2v) is 5.25. The van der Waals surface area contributed by atoms with Crippen molar-refractivity contribution < 1.29 is 13.9 Å². The molecule has 1 atom stereocenters. The molecule has 4 nitrogen and oxygen atoms in total. The first-order valence-corrected chi connectivity index (χ1v) is 7.51. The van der Waals surface area contributed by atoms with Crippen molar-refractivity contribution in [3.05, 3.63) is 47.9 Å². The highest BCUT2D eigenvalue weighted by Gasteiger charge is 2.17. The van der Waals surface area contributed by atoms with Crippen molar-refractivity contribution >= 4 is 0 Å². The fraction of sp³-hybridized carbons (Fsp3) is 0.412. The summed E-state index contributed by atoms with van der Waals surface area (Å²) in [6, 6.07) is 8.46. The Morgan fingerprint density at radius 1 is 1.14 bits per heavy atom. The van der Waals surface area contributed by atoms with E-state index in [4.69, 9.17) is 13.9 Å². The summed E-state index contributed by atoms with van der Waals surface area (Å²) in [7, 11) is 0. The van der Waals surface area contributed by atoms with Crippen LogP contribution in [0.15, 0.2) is 41.2 Å². The van der Waals surface area contributed by atoms with Gasteiger partial charge >= 0.3 is 0 Å². The molecule has 0 radical (unpaired) electrons. The molecule has 0 spiro atoms. The molecule has 4 heteroatoms. The van der Waals surface area contributed by atoms with Crippen LogP contribution >= 0.6 is 0 Å². The van der Waals surface area contributed by atoms with Crippen molar-refractivity contribution in [1.82, 2.24) is 5.32 Å². The molecule has 1 unspecified atom stereocenters. The van der Waals surface area contributed by atoms with E-state index in [1.54, 1.807) is 12.5 Å². The molecule has 1 N–H and O–H groups in total. The molecule has 1 aliphatic heterocycles.